The summed E-state index contributed by atoms with van der Waals surface area (Å²) in [4.78, 5) is 12.2. The molecule has 23 heavy (non-hydrogen) atoms. The number of carbonyl (C=O) groups excluding carboxylic acids is 1. The number of hydrogen-bond donors (Lipinski definition) is 2. The molecule has 0 unspecified atom stereocenters. The number of benzene rings is 2. The lowest BCUT2D eigenvalue weighted by Gasteiger charge is -2.15. The number of sulfonamides is 1. The molecule has 0 aliphatic carbocycles. The van der Waals surface area contributed by atoms with Crippen LogP contribution >= 0.6 is 0 Å². The maximum Gasteiger partial charge on any atom is 0.251 e. The number of aryl methyl sites for hydroxylation is 1. The third kappa shape index (κ3) is 4.40. The van der Waals surface area contributed by atoms with E-state index in [0.29, 0.717) is 5.56 Å². The van der Waals surface area contributed by atoms with Gasteiger partial charge in [-0.1, -0.05) is 31.2 Å². The molecule has 0 aliphatic rings. The number of amides is 1. The Kier molecular flexibility index (Phi) is 5.18. The average molecular weight is 332 g/mol. The molecule has 2 aromatic rings. The lowest BCUT2D eigenvalue weighted by molar-refractivity contribution is 0.0940. The summed E-state index contributed by atoms with van der Waals surface area (Å²) < 4.78 is 22.4. The molecule has 0 spiro atoms. The minimum Gasteiger partial charge on any atom is -0.346 e. The van der Waals surface area contributed by atoms with Gasteiger partial charge in [-0.25, -0.2) is 13.6 Å². The van der Waals surface area contributed by atoms with Gasteiger partial charge in [0.05, 0.1) is 10.9 Å². The summed E-state index contributed by atoms with van der Waals surface area (Å²) in [6, 6.07) is 13.5. The van der Waals surface area contributed by atoms with Gasteiger partial charge in [-0.3, -0.25) is 4.79 Å². The van der Waals surface area contributed by atoms with Crippen LogP contribution in [0.15, 0.2) is 53.4 Å². The lowest BCUT2D eigenvalue weighted by Crippen LogP contribution is -2.26. The van der Waals surface area contributed by atoms with Crippen LogP contribution in [0.4, 0.5) is 0 Å². The standard InChI is InChI=1S/C17H20N2O3S/c1-3-13-4-6-14(7-5-13)12(2)19-17(20)15-8-10-16(11-9-15)23(18,21)22/h4-12H,3H2,1-2H3,(H,19,20)(H2,18,21,22)/t12-/m1/s1. The Hall–Kier alpha value is -2.18. The summed E-state index contributed by atoms with van der Waals surface area (Å²) in [5.41, 5.74) is 2.64. The molecule has 0 radical (unpaired) electrons. The fourth-order valence-corrected chi connectivity index (χ4v) is 2.72. The summed E-state index contributed by atoms with van der Waals surface area (Å²) in [5, 5.41) is 7.92. The normalized spacial score (nSPS) is 12.7. The quantitative estimate of drug-likeness (QED) is 0.881. The maximum atomic E-state index is 12.2. The first-order valence-electron chi connectivity index (χ1n) is 7.34. The molecular formula is C17H20N2O3S. The first-order valence-corrected chi connectivity index (χ1v) is 8.88. The van der Waals surface area contributed by atoms with Crippen LogP contribution in [-0.2, 0) is 16.4 Å². The molecule has 5 nitrogen and oxygen atoms in total. The Balaban J connectivity index is 2.08. The van der Waals surface area contributed by atoms with Gasteiger partial charge < -0.3 is 5.32 Å². The van der Waals surface area contributed by atoms with E-state index in [9.17, 15) is 13.2 Å². The minimum atomic E-state index is -3.75. The first kappa shape index (κ1) is 17.2. The molecular weight excluding hydrogens is 312 g/mol. The zero-order valence-corrected chi connectivity index (χ0v) is 13.9. The first-order chi connectivity index (χ1) is 10.8. The van der Waals surface area contributed by atoms with E-state index in [1.54, 1.807) is 0 Å². The van der Waals surface area contributed by atoms with Crippen molar-refractivity contribution in [1.29, 1.82) is 0 Å². The largest absolute Gasteiger partial charge is 0.346 e. The van der Waals surface area contributed by atoms with Gasteiger partial charge in [0.2, 0.25) is 10.0 Å². The Morgan fingerprint density at radius 2 is 1.65 bits per heavy atom. The summed E-state index contributed by atoms with van der Waals surface area (Å²) in [6.07, 6.45) is 0.970. The zero-order valence-electron chi connectivity index (χ0n) is 13.1. The Morgan fingerprint density at radius 1 is 1.09 bits per heavy atom. The lowest BCUT2D eigenvalue weighted by atomic mass is 10.0. The monoisotopic (exact) mass is 332 g/mol. The van der Waals surface area contributed by atoms with Crippen LogP contribution in [0.3, 0.4) is 0 Å². The molecule has 0 fully saturated rings. The van der Waals surface area contributed by atoms with E-state index in [2.05, 4.69) is 12.2 Å². The second-order valence-corrected chi connectivity index (χ2v) is 6.92. The van der Waals surface area contributed by atoms with Crippen LogP contribution < -0.4 is 10.5 Å². The van der Waals surface area contributed by atoms with Gasteiger partial charge in [-0.2, -0.15) is 0 Å². The highest BCUT2D eigenvalue weighted by atomic mass is 32.2. The number of primary sulfonamides is 1. The molecule has 0 saturated carbocycles. The maximum absolute atomic E-state index is 12.2. The second kappa shape index (κ2) is 6.93. The molecule has 2 aromatic carbocycles. The predicted molar refractivity (Wildman–Crippen MR) is 89.5 cm³/mol. The van der Waals surface area contributed by atoms with Crippen molar-refractivity contribution in [1.82, 2.24) is 5.32 Å². The fourth-order valence-electron chi connectivity index (χ4n) is 2.20. The van der Waals surface area contributed by atoms with Crippen LogP contribution in [0.25, 0.3) is 0 Å². The third-order valence-electron chi connectivity index (χ3n) is 3.68. The van der Waals surface area contributed by atoms with E-state index in [0.717, 1.165) is 12.0 Å². The minimum absolute atomic E-state index is 0.0164. The van der Waals surface area contributed by atoms with E-state index in [1.807, 2.05) is 31.2 Å². The highest BCUT2D eigenvalue weighted by Crippen LogP contribution is 2.15. The van der Waals surface area contributed by atoms with E-state index in [1.165, 1.54) is 29.8 Å². The van der Waals surface area contributed by atoms with Crippen molar-refractivity contribution in [2.24, 2.45) is 5.14 Å². The Bertz CT molecular complexity index is 782. The Labute approximate surface area is 136 Å². The van der Waals surface area contributed by atoms with E-state index in [4.69, 9.17) is 5.14 Å². The van der Waals surface area contributed by atoms with Crippen molar-refractivity contribution in [3.63, 3.8) is 0 Å². The zero-order chi connectivity index (χ0) is 17.0. The van der Waals surface area contributed by atoms with Crippen LogP contribution in [0.2, 0.25) is 0 Å². The predicted octanol–water partition coefficient (Wildman–Crippen LogP) is 2.39. The highest BCUT2D eigenvalue weighted by Gasteiger charge is 2.13. The summed E-state index contributed by atoms with van der Waals surface area (Å²) >= 11 is 0. The highest BCUT2D eigenvalue weighted by molar-refractivity contribution is 7.89. The molecule has 1 amide bonds. The molecule has 122 valence electrons. The van der Waals surface area contributed by atoms with E-state index < -0.39 is 10.0 Å². The molecule has 0 bridgehead atoms. The summed E-state index contributed by atoms with van der Waals surface area (Å²) in [5.74, 6) is -0.266. The number of nitrogens with one attached hydrogen (secondary N) is 1. The SMILES string of the molecule is CCc1ccc([C@@H](C)NC(=O)c2ccc(S(N)(=O)=O)cc2)cc1. The van der Waals surface area contributed by atoms with Crippen LogP contribution in [0.1, 0.15) is 41.4 Å². The van der Waals surface area contributed by atoms with Crippen LogP contribution in [0.5, 0.6) is 0 Å². The van der Waals surface area contributed by atoms with Crippen molar-refractivity contribution in [2.75, 3.05) is 0 Å². The molecule has 6 heteroatoms. The van der Waals surface area contributed by atoms with Gasteiger partial charge in [0.15, 0.2) is 0 Å². The van der Waals surface area contributed by atoms with Gasteiger partial charge >= 0.3 is 0 Å². The van der Waals surface area contributed by atoms with Gasteiger partial charge in [-0.15, -0.1) is 0 Å². The molecule has 1 atom stereocenters. The number of nitrogens with two attached hydrogens (primary N) is 1. The molecule has 0 saturated heterocycles. The molecule has 2 rings (SSSR count). The summed E-state index contributed by atoms with van der Waals surface area (Å²) in [7, 11) is -3.75. The smallest absolute Gasteiger partial charge is 0.251 e. The van der Waals surface area contributed by atoms with E-state index in [-0.39, 0.29) is 16.8 Å². The summed E-state index contributed by atoms with van der Waals surface area (Å²) in [6.45, 7) is 3.99. The van der Waals surface area contributed by atoms with Crippen LogP contribution in [0, 0.1) is 0 Å². The fraction of sp³-hybridized carbons (Fsp3) is 0.235. The van der Waals surface area contributed by atoms with Gasteiger partial charge in [-0.05, 0) is 48.7 Å². The van der Waals surface area contributed by atoms with Crippen molar-refractivity contribution >= 4 is 15.9 Å². The molecule has 0 aliphatic heterocycles. The molecule has 0 aromatic heterocycles. The molecule has 3 N–H and O–H groups in total. The molecule has 0 heterocycles. The van der Waals surface area contributed by atoms with Crippen molar-refractivity contribution in [3.05, 3.63) is 65.2 Å². The van der Waals surface area contributed by atoms with Gasteiger partial charge in [0.1, 0.15) is 0 Å². The average Bonchev–Trinajstić information content (AvgIpc) is 2.54. The van der Waals surface area contributed by atoms with Crippen molar-refractivity contribution < 1.29 is 13.2 Å². The van der Waals surface area contributed by atoms with Gasteiger partial charge in [0, 0.05) is 5.56 Å². The second-order valence-electron chi connectivity index (χ2n) is 5.36. The number of rotatable bonds is 5. The van der Waals surface area contributed by atoms with Gasteiger partial charge in [0.25, 0.3) is 5.91 Å². The third-order valence-corrected chi connectivity index (χ3v) is 4.61. The topological polar surface area (TPSA) is 89.3 Å². The number of hydrogen-bond acceptors (Lipinski definition) is 3. The Morgan fingerprint density at radius 3 is 2.13 bits per heavy atom. The van der Waals surface area contributed by atoms with Crippen molar-refractivity contribution in [2.45, 2.75) is 31.2 Å². The van der Waals surface area contributed by atoms with Crippen LogP contribution in [-0.4, -0.2) is 14.3 Å². The van der Waals surface area contributed by atoms with E-state index >= 15 is 0 Å². The number of carbonyl (C=O) groups is 1. The van der Waals surface area contributed by atoms with Crippen molar-refractivity contribution in [3.8, 4) is 0 Å².